The number of halogens is 2. The SMILES string of the molecule is CCOCCCNC(C#N)c1ccc(Cl)cc1Cl. The van der Waals surface area contributed by atoms with Crippen molar-refractivity contribution in [2.24, 2.45) is 0 Å². The van der Waals surface area contributed by atoms with E-state index in [2.05, 4.69) is 11.4 Å². The van der Waals surface area contributed by atoms with E-state index >= 15 is 0 Å². The first kappa shape index (κ1) is 15.3. The highest BCUT2D eigenvalue weighted by Gasteiger charge is 2.13. The van der Waals surface area contributed by atoms with Gasteiger partial charge in [-0.15, -0.1) is 0 Å². The van der Waals surface area contributed by atoms with Crippen LogP contribution in [-0.4, -0.2) is 19.8 Å². The zero-order chi connectivity index (χ0) is 13.4. The number of rotatable bonds is 7. The Bertz CT molecular complexity index is 418. The molecule has 0 heterocycles. The van der Waals surface area contributed by atoms with E-state index in [0.29, 0.717) is 29.8 Å². The van der Waals surface area contributed by atoms with Crippen molar-refractivity contribution in [2.45, 2.75) is 19.4 Å². The highest BCUT2D eigenvalue weighted by atomic mass is 35.5. The first-order chi connectivity index (χ1) is 8.69. The standard InChI is InChI=1S/C13H16Cl2N2O/c1-2-18-7-3-6-17-13(9-16)11-5-4-10(14)8-12(11)15/h4-5,8,13,17H,2-3,6-7H2,1H3. The zero-order valence-electron chi connectivity index (χ0n) is 10.2. The molecule has 1 N–H and O–H groups in total. The van der Waals surface area contributed by atoms with Crippen molar-refractivity contribution in [3.05, 3.63) is 33.8 Å². The van der Waals surface area contributed by atoms with E-state index in [0.717, 1.165) is 12.0 Å². The third-order valence-electron chi connectivity index (χ3n) is 2.42. The Hall–Kier alpha value is -0.790. The predicted molar refractivity (Wildman–Crippen MR) is 73.9 cm³/mol. The lowest BCUT2D eigenvalue weighted by Gasteiger charge is -2.13. The highest BCUT2D eigenvalue weighted by Crippen LogP contribution is 2.25. The van der Waals surface area contributed by atoms with Gasteiger partial charge in [0.05, 0.1) is 6.07 Å². The predicted octanol–water partition coefficient (Wildman–Crippen LogP) is 3.57. The molecule has 0 aromatic heterocycles. The quantitative estimate of drug-likeness (QED) is 0.780. The second-order valence-corrected chi connectivity index (χ2v) is 4.58. The number of benzene rings is 1. The Balaban J connectivity index is 2.53. The number of nitrogens with zero attached hydrogens (tertiary/aromatic N) is 1. The van der Waals surface area contributed by atoms with Crippen LogP contribution in [0.25, 0.3) is 0 Å². The largest absolute Gasteiger partial charge is 0.382 e. The molecule has 0 aliphatic rings. The molecule has 1 atom stereocenters. The number of hydrogen-bond donors (Lipinski definition) is 1. The summed E-state index contributed by atoms with van der Waals surface area (Å²) in [5.74, 6) is 0. The topological polar surface area (TPSA) is 45.0 Å². The number of ether oxygens (including phenoxy) is 1. The maximum absolute atomic E-state index is 9.14. The normalized spacial score (nSPS) is 12.1. The molecule has 3 nitrogen and oxygen atoms in total. The third-order valence-corrected chi connectivity index (χ3v) is 2.98. The lowest BCUT2D eigenvalue weighted by atomic mass is 10.1. The molecule has 1 aromatic rings. The molecule has 0 radical (unpaired) electrons. The van der Waals surface area contributed by atoms with Crippen molar-refractivity contribution in [1.82, 2.24) is 5.32 Å². The van der Waals surface area contributed by atoms with Gasteiger partial charge in [0.25, 0.3) is 0 Å². The lowest BCUT2D eigenvalue weighted by Crippen LogP contribution is -2.22. The summed E-state index contributed by atoms with van der Waals surface area (Å²) in [5.41, 5.74) is 0.750. The van der Waals surface area contributed by atoms with Crippen LogP contribution in [0, 0.1) is 11.3 Å². The molecule has 0 aliphatic heterocycles. The maximum Gasteiger partial charge on any atom is 0.122 e. The molecule has 1 unspecified atom stereocenters. The van der Waals surface area contributed by atoms with Gasteiger partial charge in [-0.3, -0.25) is 5.32 Å². The van der Waals surface area contributed by atoms with Crippen LogP contribution in [0.2, 0.25) is 10.0 Å². The molecular weight excluding hydrogens is 271 g/mol. The van der Waals surface area contributed by atoms with Crippen molar-refractivity contribution in [3.63, 3.8) is 0 Å². The molecule has 0 bridgehead atoms. The average Bonchev–Trinajstić information content (AvgIpc) is 2.35. The molecule has 0 spiro atoms. The molecule has 0 saturated carbocycles. The summed E-state index contributed by atoms with van der Waals surface area (Å²) in [6.45, 7) is 4.07. The van der Waals surface area contributed by atoms with Gasteiger partial charge in [-0.2, -0.15) is 5.26 Å². The van der Waals surface area contributed by atoms with Crippen LogP contribution in [0.15, 0.2) is 18.2 Å². The summed E-state index contributed by atoms with van der Waals surface area (Å²) in [6, 6.07) is 6.92. The van der Waals surface area contributed by atoms with Crippen LogP contribution in [0.1, 0.15) is 24.9 Å². The monoisotopic (exact) mass is 286 g/mol. The van der Waals surface area contributed by atoms with Gasteiger partial charge >= 0.3 is 0 Å². The molecular formula is C13H16Cl2N2O. The Morgan fingerprint density at radius 3 is 2.83 bits per heavy atom. The van der Waals surface area contributed by atoms with Crippen LogP contribution < -0.4 is 5.32 Å². The van der Waals surface area contributed by atoms with E-state index < -0.39 is 6.04 Å². The minimum atomic E-state index is -0.420. The molecule has 0 amide bonds. The first-order valence-electron chi connectivity index (χ1n) is 5.84. The summed E-state index contributed by atoms with van der Waals surface area (Å²) in [6.07, 6.45) is 0.858. The molecule has 0 aliphatic carbocycles. The van der Waals surface area contributed by atoms with E-state index in [9.17, 15) is 0 Å². The van der Waals surface area contributed by atoms with Crippen LogP contribution in [0.5, 0.6) is 0 Å². The van der Waals surface area contributed by atoms with Gasteiger partial charge in [-0.25, -0.2) is 0 Å². The number of nitrogens with one attached hydrogen (secondary N) is 1. The van der Waals surface area contributed by atoms with Crippen LogP contribution in [-0.2, 0) is 4.74 Å². The van der Waals surface area contributed by atoms with Crippen LogP contribution in [0.4, 0.5) is 0 Å². The summed E-state index contributed by atoms with van der Waals surface area (Å²) in [4.78, 5) is 0. The summed E-state index contributed by atoms with van der Waals surface area (Å²) >= 11 is 11.9. The maximum atomic E-state index is 9.14. The zero-order valence-corrected chi connectivity index (χ0v) is 11.8. The molecule has 98 valence electrons. The van der Waals surface area contributed by atoms with E-state index in [-0.39, 0.29) is 0 Å². The van der Waals surface area contributed by atoms with Crippen molar-refractivity contribution >= 4 is 23.2 Å². The van der Waals surface area contributed by atoms with Gasteiger partial charge in [0, 0.05) is 28.8 Å². The third kappa shape index (κ3) is 4.83. The highest BCUT2D eigenvalue weighted by molar-refractivity contribution is 6.35. The Labute approximate surface area is 118 Å². The smallest absolute Gasteiger partial charge is 0.122 e. The number of nitriles is 1. The molecule has 5 heteroatoms. The molecule has 1 rings (SSSR count). The Kier molecular flexibility index (Phi) is 7.07. The van der Waals surface area contributed by atoms with Crippen molar-refractivity contribution in [2.75, 3.05) is 19.8 Å². The van der Waals surface area contributed by atoms with Crippen molar-refractivity contribution in [1.29, 1.82) is 5.26 Å². The van der Waals surface area contributed by atoms with E-state index in [1.165, 1.54) is 0 Å². The van der Waals surface area contributed by atoms with Gasteiger partial charge < -0.3 is 4.74 Å². The van der Waals surface area contributed by atoms with Gasteiger partial charge in [0.1, 0.15) is 6.04 Å². The second-order valence-electron chi connectivity index (χ2n) is 3.73. The van der Waals surface area contributed by atoms with Crippen LogP contribution in [0.3, 0.4) is 0 Å². The summed E-state index contributed by atoms with van der Waals surface area (Å²) in [5, 5.41) is 13.3. The minimum absolute atomic E-state index is 0.420. The van der Waals surface area contributed by atoms with Crippen molar-refractivity contribution < 1.29 is 4.74 Å². The molecule has 0 fully saturated rings. The molecule has 18 heavy (non-hydrogen) atoms. The lowest BCUT2D eigenvalue weighted by molar-refractivity contribution is 0.144. The minimum Gasteiger partial charge on any atom is -0.382 e. The van der Waals surface area contributed by atoms with Crippen molar-refractivity contribution in [3.8, 4) is 6.07 Å². The van der Waals surface area contributed by atoms with E-state index in [1.807, 2.05) is 6.92 Å². The van der Waals surface area contributed by atoms with Gasteiger partial charge in [0.15, 0.2) is 0 Å². The van der Waals surface area contributed by atoms with E-state index in [4.69, 9.17) is 33.2 Å². The fourth-order valence-electron chi connectivity index (χ4n) is 1.53. The average molecular weight is 287 g/mol. The van der Waals surface area contributed by atoms with Crippen LogP contribution >= 0.6 is 23.2 Å². The Morgan fingerprint density at radius 1 is 1.44 bits per heavy atom. The second kappa shape index (κ2) is 8.34. The summed E-state index contributed by atoms with van der Waals surface area (Å²) in [7, 11) is 0. The van der Waals surface area contributed by atoms with Gasteiger partial charge in [-0.1, -0.05) is 29.3 Å². The fraction of sp³-hybridized carbons (Fsp3) is 0.462. The van der Waals surface area contributed by atoms with Gasteiger partial charge in [0.2, 0.25) is 0 Å². The fourth-order valence-corrected chi connectivity index (χ4v) is 2.04. The first-order valence-corrected chi connectivity index (χ1v) is 6.60. The molecule has 0 saturated heterocycles. The van der Waals surface area contributed by atoms with E-state index in [1.54, 1.807) is 18.2 Å². The molecule has 1 aromatic carbocycles. The Morgan fingerprint density at radius 2 is 2.22 bits per heavy atom. The van der Waals surface area contributed by atoms with Gasteiger partial charge in [-0.05, 0) is 32.0 Å². The number of hydrogen-bond acceptors (Lipinski definition) is 3. The summed E-state index contributed by atoms with van der Waals surface area (Å²) < 4.78 is 5.23.